The Morgan fingerprint density at radius 1 is 0.974 bits per heavy atom. The second kappa shape index (κ2) is 15.4. The number of hydrazine groups is 1. The molecule has 14 heteroatoms. The number of amides is 5. The molecule has 0 aromatic heterocycles. The van der Waals surface area contributed by atoms with Gasteiger partial charge in [-0.1, -0.05) is 20.3 Å². The van der Waals surface area contributed by atoms with Crippen molar-refractivity contribution in [2.24, 2.45) is 5.92 Å². The van der Waals surface area contributed by atoms with Crippen LogP contribution in [-0.2, 0) is 33.4 Å². The minimum absolute atomic E-state index is 0.0328. The largest absolute Gasteiger partial charge is 0.387 e. The first-order chi connectivity index (χ1) is 18.4. The lowest BCUT2D eigenvalue weighted by Crippen LogP contribution is -2.56. The van der Waals surface area contributed by atoms with Crippen LogP contribution in [0.2, 0.25) is 0 Å². The highest BCUT2D eigenvalue weighted by atomic mass is 32.1. The van der Waals surface area contributed by atoms with Gasteiger partial charge >= 0.3 is 0 Å². The molecule has 6 atom stereocenters. The summed E-state index contributed by atoms with van der Waals surface area (Å²) in [6, 6.07) is -1.82. The first-order valence-electron chi connectivity index (χ1n) is 13.4. The zero-order chi connectivity index (χ0) is 29.2. The minimum atomic E-state index is -0.979. The molecular formula is C25H43N5O8S. The summed E-state index contributed by atoms with van der Waals surface area (Å²) in [5.41, 5.74) is 3.96. The number of rotatable bonds is 14. The standard InChI is InChI=1S/C25H43N5O8S/c1-14(2)21(28-18(31)8-6-5-7-9-26-20(33)12-39)24(36)27-15(3)23(35)30-29-19(32)10-17-11-25(13-37-25)22(34)16(4)38-17/h14-17,21-22,34,39H,5-13H2,1-4H3,(H,26,33)(H,27,36)(H,28,31)(H,29,32)(H,30,35)/t15?,16?,17-,21?,22-,25?/m1/s1. The first-order valence-corrected chi connectivity index (χ1v) is 14.0. The summed E-state index contributed by atoms with van der Waals surface area (Å²) in [7, 11) is 0. The van der Waals surface area contributed by atoms with Gasteiger partial charge in [-0.15, -0.1) is 0 Å². The lowest BCUT2D eigenvalue weighted by Gasteiger charge is -2.36. The molecule has 0 saturated carbocycles. The van der Waals surface area contributed by atoms with E-state index in [9.17, 15) is 29.1 Å². The van der Waals surface area contributed by atoms with E-state index in [1.165, 1.54) is 6.92 Å². The van der Waals surface area contributed by atoms with Gasteiger partial charge in [0.05, 0.1) is 31.0 Å². The Kier molecular flexibility index (Phi) is 12.9. The van der Waals surface area contributed by atoms with Crippen LogP contribution in [0.15, 0.2) is 0 Å². The monoisotopic (exact) mass is 573 g/mol. The Bertz CT molecular complexity index is 885. The first kappa shape index (κ1) is 32.8. The van der Waals surface area contributed by atoms with Gasteiger partial charge in [0.15, 0.2) is 0 Å². The molecular weight excluding hydrogens is 530 g/mol. The van der Waals surface area contributed by atoms with E-state index < -0.39 is 53.7 Å². The van der Waals surface area contributed by atoms with Crippen molar-refractivity contribution in [3.8, 4) is 0 Å². The van der Waals surface area contributed by atoms with Crippen molar-refractivity contribution in [1.29, 1.82) is 0 Å². The van der Waals surface area contributed by atoms with Crippen LogP contribution in [0.25, 0.3) is 0 Å². The summed E-state index contributed by atoms with van der Waals surface area (Å²) in [5, 5.41) is 18.2. The molecule has 0 bridgehead atoms. The second-order valence-electron chi connectivity index (χ2n) is 10.5. The summed E-state index contributed by atoms with van der Waals surface area (Å²) >= 11 is 3.88. The number of hydrogen-bond acceptors (Lipinski definition) is 9. The molecule has 0 aromatic carbocycles. The zero-order valence-corrected chi connectivity index (χ0v) is 24.0. The third-order valence-corrected chi connectivity index (χ3v) is 7.07. The van der Waals surface area contributed by atoms with E-state index in [1.54, 1.807) is 20.8 Å². The number of aliphatic hydroxyl groups excluding tert-OH is 1. The Hall–Kier alpha value is -2.42. The smallest absolute Gasteiger partial charge is 0.260 e. The van der Waals surface area contributed by atoms with E-state index in [-0.39, 0.29) is 36.3 Å². The molecule has 39 heavy (non-hydrogen) atoms. The van der Waals surface area contributed by atoms with E-state index in [0.717, 1.165) is 12.8 Å². The van der Waals surface area contributed by atoms with E-state index in [4.69, 9.17) is 9.47 Å². The minimum Gasteiger partial charge on any atom is -0.387 e. The van der Waals surface area contributed by atoms with Gasteiger partial charge in [-0.2, -0.15) is 12.6 Å². The van der Waals surface area contributed by atoms with Crippen molar-refractivity contribution in [3.63, 3.8) is 0 Å². The molecule has 222 valence electrons. The highest BCUT2D eigenvalue weighted by Gasteiger charge is 2.57. The molecule has 2 fully saturated rings. The molecule has 2 aliphatic heterocycles. The summed E-state index contributed by atoms with van der Waals surface area (Å²) in [5.74, 6) is -2.14. The Balaban J connectivity index is 1.69. The van der Waals surface area contributed by atoms with Gasteiger partial charge in [-0.3, -0.25) is 34.8 Å². The van der Waals surface area contributed by atoms with Gasteiger partial charge in [0.1, 0.15) is 23.8 Å². The van der Waals surface area contributed by atoms with E-state index >= 15 is 0 Å². The highest BCUT2D eigenvalue weighted by molar-refractivity contribution is 7.81. The fourth-order valence-electron chi connectivity index (χ4n) is 4.38. The molecule has 2 heterocycles. The van der Waals surface area contributed by atoms with Gasteiger partial charge in [0.2, 0.25) is 23.6 Å². The maximum absolute atomic E-state index is 12.8. The van der Waals surface area contributed by atoms with Crippen LogP contribution in [0.3, 0.4) is 0 Å². The van der Waals surface area contributed by atoms with Crippen molar-refractivity contribution in [2.75, 3.05) is 18.9 Å². The van der Waals surface area contributed by atoms with Crippen LogP contribution in [0.5, 0.6) is 0 Å². The van der Waals surface area contributed by atoms with Gasteiger partial charge in [0.25, 0.3) is 5.91 Å². The number of carbonyl (C=O) groups excluding carboxylic acids is 5. The number of epoxide rings is 1. The molecule has 0 radical (unpaired) electrons. The predicted octanol–water partition coefficient (Wildman–Crippen LogP) is -0.917. The molecule has 5 amide bonds. The van der Waals surface area contributed by atoms with Gasteiger partial charge in [-0.25, -0.2) is 0 Å². The third-order valence-electron chi connectivity index (χ3n) is 6.78. The van der Waals surface area contributed by atoms with Crippen LogP contribution in [-0.4, -0.2) is 89.5 Å². The number of ether oxygens (including phenoxy) is 2. The maximum atomic E-state index is 12.8. The molecule has 0 aliphatic carbocycles. The number of nitrogens with one attached hydrogen (secondary N) is 5. The molecule has 6 N–H and O–H groups in total. The lowest BCUT2D eigenvalue weighted by molar-refractivity contribution is -0.154. The topological polar surface area (TPSA) is 187 Å². The van der Waals surface area contributed by atoms with Crippen LogP contribution >= 0.6 is 12.6 Å². The predicted molar refractivity (Wildman–Crippen MR) is 144 cm³/mol. The molecule has 13 nitrogen and oxygen atoms in total. The average Bonchev–Trinajstić information content (AvgIpc) is 3.65. The van der Waals surface area contributed by atoms with Crippen molar-refractivity contribution in [3.05, 3.63) is 0 Å². The fourth-order valence-corrected chi connectivity index (χ4v) is 4.49. The van der Waals surface area contributed by atoms with Crippen molar-refractivity contribution in [2.45, 2.75) is 102 Å². The van der Waals surface area contributed by atoms with Crippen LogP contribution in [0, 0.1) is 5.92 Å². The van der Waals surface area contributed by atoms with Gasteiger partial charge in [0, 0.05) is 19.4 Å². The number of hydrogen-bond donors (Lipinski definition) is 7. The van der Waals surface area contributed by atoms with Gasteiger partial charge in [-0.05, 0) is 32.6 Å². The highest BCUT2D eigenvalue weighted by Crippen LogP contribution is 2.42. The Morgan fingerprint density at radius 3 is 2.28 bits per heavy atom. The molecule has 2 aliphatic rings. The van der Waals surface area contributed by atoms with Crippen LogP contribution in [0.1, 0.15) is 66.2 Å². The maximum Gasteiger partial charge on any atom is 0.260 e. The number of aliphatic hydroxyl groups is 1. The Morgan fingerprint density at radius 2 is 1.67 bits per heavy atom. The van der Waals surface area contributed by atoms with Crippen molar-refractivity contribution < 1.29 is 38.6 Å². The molecule has 4 unspecified atom stereocenters. The van der Waals surface area contributed by atoms with Gasteiger partial charge < -0.3 is 30.5 Å². The summed E-state index contributed by atoms with van der Waals surface area (Å²) in [4.78, 5) is 61.1. The van der Waals surface area contributed by atoms with Crippen molar-refractivity contribution in [1.82, 2.24) is 26.8 Å². The third kappa shape index (κ3) is 10.6. The summed E-state index contributed by atoms with van der Waals surface area (Å²) < 4.78 is 11.1. The zero-order valence-electron chi connectivity index (χ0n) is 23.1. The number of thiol groups is 1. The molecule has 2 saturated heterocycles. The summed E-state index contributed by atoms with van der Waals surface area (Å²) in [6.45, 7) is 7.68. The van der Waals surface area contributed by atoms with Crippen LogP contribution in [0.4, 0.5) is 0 Å². The fraction of sp³-hybridized carbons (Fsp3) is 0.800. The SMILES string of the molecule is CC(NC(=O)C(NC(=O)CCCCCNC(=O)CS)C(C)C)C(=O)NNC(=O)C[C@@H]1CC2(CO2)[C@H](O)C(C)O1. The quantitative estimate of drug-likeness (QED) is 0.0602. The number of unbranched alkanes of at least 4 members (excludes halogenated alkanes) is 2. The number of carbonyl (C=O) groups is 5. The average molecular weight is 574 g/mol. The molecule has 2 rings (SSSR count). The van der Waals surface area contributed by atoms with E-state index in [2.05, 4.69) is 39.4 Å². The molecule has 1 spiro atoms. The van der Waals surface area contributed by atoms with E-state index in [1.807, 2.05) is 0 Å². The lowest BCUT2D eigenvalue weighted by atomic mass is 9.88. The molecule has 0 aromatic rings. The van der Waals surface area contributed by atoms with Crippen molar-refractivity contribution >= 4 is 42.2 Å². The van der Waals surface area contributed by atoms with Crippen LogP contribution < -0.4 is 26.8 Å². The normalized spacial score (nSPS) is 25.4. The summed E-state index contributed by atoms with van der Waals surface area (Å²) in [6.07, 6.45) is 0.966. The Labute approximate surface area is 234 Å². The van der Waals surface area contributed by atoms with E-state index in [0.29, 0.717) is 26.0 Å². The second-order valence-corrected chi connectivity index (χ2v) is 10.9.